The molecule has 2 N–H and O–H groups in total. The third-order valence-corrected chi connectivity index (χ3v) is 9.31. The lowest BCUT2D eigenvalue weighted by Crippen LogP contribution is -2.32. The molecule has 3 aromatic rings. The maximum atomic E-state index is 11.4. The summed E-state index contributed by atoms with van der Waals surface area (Å²) in [7, 11) is 0. The van der Waals surface area contributed by atoms with E-state index in [2.05, 4.69) is 75.8 Å². The fourth-order valence-electron chi connectivity index (χ4n) is 6.71. The first-order valence-electron chi connectivity index (χ1n) is 17.1. The lowest BCUT2D eigenvalue weighted by Gasteiger charge is -2.28. The molecule has 1 unspecified atom stereocenters. The summed E-state index contributed by atoms with van der Waals surface area (Å²) in [4.78, 5) is 18.6. The third kappa shape index (κ3) is 7.75. The van der Waals surface area contributed by atoms with Crippen molar-refractivity contribution in [3.8, 4) is 0 Å². The van der Waals surface area contributed by atoms with Crippen LogP contribution in [0.15, 0.2) is 68.7 Å². The van der Waals surface area contributed by atoms with Crippen LogP contribution < -0.4 is 10.2 Å². The second-order valence-corrected chi connectivity index (χ2v) is 12.5. The van der Waals surface area contributed by atoms with Crippen LogP contribution in [0, 0.1) is 26.7 Å². The van der Waals surface area contributed by atoms with Gasteiger partial charge in [0.15, 0.2) is 0 Å². The number of carbonyl (C=O) groups is 1. The number of carboxylic acid groups (broad SMARTS) is 1. The van der Waals surface area contributed by atoms with Crippen LogP contribution in [0.25, 0.3) is 5.82 Å². The maximum absolute atomic E-state index is 11.4. The minimum atomic E-state index is -0.961. The summed E-state index contributed by atoms with van der Waals surface area (Å²) >= 11 is 0. The maximum Gasteiger partial charge on any atom is 0.339 e. The molecule has 2 fully saturated rings. The molecule has 47 heavy (non-hydrogen) atoms. The number of hydrogen-bond donors (Lipinski definition) is 2. The monoisotopic (exact) mass is 639 g/mol. The summed E-state index contributed by atoms with van der Waals surface area (Å²) in [6.07, 6.45) is 14.3. The standard InChI is InChI=1S/C26H28N4O2.C9H15N3O.C2H6/c1-16-7-3-4-10-21(16)28-23-14-13-18-8-5-9-19(25(18)23)22-11-6-12-24(29-22)30-17(2)20(15-27-30)26(31)32;1-7-3-5-12(6-4-7)9-11-10-8(2)13-9;1-2/h3-4,7-8,10,12,15,23,28H,5-6,9,11,13-14H2,1-2H3,(H,31,32);7H,3-6H2,1-2H3;1-2H3. The number of nitrogens with zero attached hydrogens (tertiary/aromatic N) is 6. The largest absolute Gasteiger partial charge is 0.478 e. The van der Waals surface area contributed by atoms with E-state index >= 15 is 0 Å². The summed E-state index contributed by atoms with van der Waals surface area (Å²) in [5.74, 6) is 1.24. The number of carboxylic acids is 1. The van der Waals surface area contributed by atoms with Gasteiger partial charge in [-0.2, -0.15) is 5.10 Å². The predicted molar refractivity (Wildman–Crippen MR) is 188 cm³/mol. The van der Waals surface area contributed by atoms with Crippen molar-refractivity contribution in [1.29, 1.82) is 0 Å². The number of hydrogen-bond acceptors (Lipinski definition) is 8. The molecular weight excluding hydrogens is 590 g/mol. The fraction of sp³-hybridized carbons (Fsp3) is 0.486. The Balaban J connectivity index is 0.000000241. The Labute approximate surface area is 278 Å². The molecule has 1 atom stereocenters. The fourth-order valence-corrected chi connectivity index (χ4v) is 6.71. The van der Waals surface area contributed by atoms with E-state index in [0.29, 0.717) is 23.6 Å². The van der Waals surface area contributed by atoms with Crippen LogP contribution in [0.5, 0.6) is 0 Å². The van der Waals surface area contributed by atoms with Crippen LogP contribution in [0.4, 0.5) is 11.7 Å². The van der Waals surface area contributed by atoms with Crippen LogP contribution in [0.2, 0.25) is 0 Å². The molecule has 2 aliphatic carbocycles. The number of anilines is 2. The summed E-state index contributed by atoms with van der Waals surface area (Å²) in [5, 5.41) is 25.3. The summed E-state index contributed by atoms with van der Waals surface area (Å²) in [5.41, 5.74) is 8.63. The van der Waals surface area contributed by atoms with Gasteiger partial charge in [0.25, 0.3) is 0 Å². The van der Waals surface area contributed by atoms with Crippen molar-refractivity contribution >= 4 is 29.2 Å². The smallest absolute Gasteiger partial charge is 0.339 e. The topological polar surface area (TPSA) is 122 Å². The van der Waals surface area contributed by atoms with Gasteiger partial charge in [0.05, 0.1) is 17.9 Å². The zero-order valence-electron chi connectivity index (χ0n) is 28.7. The summed E-state index contributed by atoms with van der Waals surface area (Å²) in [6, 6.07) is 9.43. The van der Waals surface area contributed by atoms with Crippen LogP contribution in [-0.2, 0) is 0 Å². The van der Waals surface area contributed by atoms with Crippen LogP contribution >= 0.6 is 0 Å². The van der Waals surface area contributed by atoms with Crippen molar-refractivity contribution in [2.75, 3.05) is 23.3 Å². The molecule has 10 heteroatoms. The lowest BCUT2D eigenvalue weighted by molar-refractivity contribution is 0.0696. The van der Waals surface area contributed by atoms with Gasteiger partial charge in [0, 0.05) is 31.4 Å². The molecule has 0 spiro atoms. The Morgan fingerprint density at radius 3 is 2.40 bits per heavy atom. The first-order chi connectivity index (χ1) is 22.8. The number of aromatic nitrogens is 4. The SMILES string of the molecule is CC.Cc1ccccc1NC1CCC2=CCCC(C3=NC(n4ncc(C(=O)O)c4C)=CCC3)=C21.Cc1nnc(N2CCC(C)CC2)o1. The van der Waals surface area contributed by atoms with Crippen LogP contribution in [-0.4, -0.2) is 55.9 Å². The third-order valence-electron chi connectivity index (χ3n) is 9.31. The van der Waals surface area contributed by atoms with Crippen molar-refractivity contribution < 1.29 is 14.3 Å². The highest BCUT2D eigenvalue weighted by Gasteiger charge is 2.32. The number of allylic oxidation sites excluding steroid dienone is 3. The van der Waals surface area contributed by atoms with E-state index in [1.807, 2.05) is 20.8 Å². The van der Waals surface area contributed by atoms with Gasteiger partial charge < -0.3 is 19.7 Å². The van der Waals surface area contributed by atoms with Gasteiger partial charge in [-0.05, 0) is 106 Å². The van der Waals surface area contributed by atoms with Gasteiger partial charge in [0.2, 0.25) is 5.89 Å². The molecule has 10 nitrogen and oxygen atoms in total. The van der Waals surface area contributed by atoms with Gasteiger partial charge in [-0.1, -0.05) is 50.1 Å². The van der Waals surface area contributed by atoms with E-state index in [1.165, 1.54) is 47.0 Å². The number of nitrogens with one attached hydrogen (secondary N) is 1. The van der Waals surface area contributed by atoms with Crippen molar-refractivity contribution in [3.05, 3.63) is 82.0 Å². The van der Waals surface area contributed by atoms with E-state index in [9.17, 15) is 9.90 Å². The summed E-state index contributed by atoms with van der Waals surface area (Å²) < 4.78 is 7.02. The van der Waals surface area contributed by atoms with Crippen molar-refractivity contribution in [2.24, 2.45) is 10.9 Å². The predicted octanol–water partition coefficient (Wildman–Crippen LogP) is 8.16. The molecular formula is C37H49N7O3. The Morgan fingerprint density at radius 2 is 1.72 bits per heavy atom. The second kappa shape index (κ2) is 15.4. The van der Waals surface area contributed by atoms with Crippen LogP contribution in [0.1, 0.15) is 99.6 Å². The number of aromatic carboxylic acids is 1. The Morgan fingerprint density at radius 1 is 0.979 bits per heavy atom. The molecule has 2 aliphatic heterocycles. The number of rotatable bonds is 6. The van der Waals surface area contributed by atoms with Gasteiger partial charge in [-0.3, -0.25) is 0 Å². The molecule has 4 aliphatic rings. The van der Waals surface area contributed by atoms with Gasteiger partial charge >= 0.3 is 12.0 Å². The minimum absolute atomic E-state index is 0.219. The Kier molecular flexibility index (Phi) is 11.1. The van der Waals surface area contributed by atoms with E-state index in [-0.39, 0.29) is 5.56 Å². The zero-order chi connectivity index (χ0) is 33.5. The number of fused-ring (bicyclic) bond motifs is 1. The molecule has 1 saturated heterocycles. The molecule has 4 heterocycles. The number of para-hydroxylation sites is 1. The molecule has 7 rings (SSSR count). The molecule has 1 aromatic carbocycles. The molecule has 0 radical (unpaired) electrons. The highest BCUT2D eigenvalue weighted by atomic mass is 16.4. The molecule has 250 valence electrons. The van der Waals surface area contributed by atoms with Crippen molar-refractivity contribution in [1.82, 2.24) is 20.0 Å². The number of benzene rings is 1. The normalized spacial score (nSPS) is 19.4. The highest BCUT2D eigenvalue weighted by molar-refractivity contribution is 6.05. The molecule has 1 saturated carbocycles. The molecule has 2 aromatic heterocycles. The number of aliphatic imine (C=N–C) groups is 1. The molecule has 0 bridgehead atoms. The van der Waals surface area contributed by atoms with Crippen molar-refractivity contribution in [2.45, 2.75) is 99.0 Å². The van der Waals surface area contributed by atoms with Gasteiger partial charge in [0.1, 0.15) is 11.4 Å². The van der Waals surface area contributed by atoms with Crippen LogP contribution in [0.3, 0.4) is 0 Å². The number of aryl methyl sites for hydroxylation is 2. The van der Waals surface area contributed by atoms with Crippen molar-refractivity contribution in [3.63, 3.8) is 0 Å². The quantitative estimate of drug-likeness (QED) is 0.277. The van der Waals surface area contributed by atoms with E-state index < -0.39 is 5.97 Å². The van der Waals surface area contributed by atoms with Gasteiger partial charge in [-0.25, -0.2) is 14.5 Å². The lowest BCUT2D eigenvalue weighted by atomic mass is 9.86. The minimum Gasteiger partial charge on any atom is -0.478 e. The van der Waals surface area contributed by atoms with E-state index in [4.69, 9.17) is 9.41 Å². The van der Waals surface area contributed by atoms with Gasteiger partial charge in [-0.15, -0.1) is 5.10 Å². The van der Waals surface area contributed by atoms with E-state index in [0.717, 1.165) is 69.1 Å². The zero-order valence-corrected chi connectivity index (χ0v) is 28.7. The highest BCUT2D eigenvalue weighted by Crippen LogP contribution is 2.41. The molecule has 0 amide bonds. The second-order valence-electron chi connectivity index (χ2n) is 12.5. The first kappa shape index (κ1) is 33.9. The first-order valence-corrected chi connectivity index (χ1v) is 17.1. The summed E-state index contributed by atoms with van der Waals surface area (Å²) in [6.45, 7) is 14.1. The Bertz CT molecular complexity index is 1680. The number of piperidine rings is 1. The average Bonchev–Trinajstić information content (AvgIpc) is 3.82. The average molecular weight is 640 g/mol. The van der Waals surface area contributed by atoms with E-state index in [1.54, 1.807) is 11.6 Å². The Hall–Kier alpha value is -4.47.